The van der Waals surface area contributed by atoms with E-state index in [2.05, 4.69) is 31.2 Å². The highest BCUT2D eigenvalue weighted by Crippen LogP contribution is 2.30. The molecule has 2 amide bonds. The fourth-order valence-corrected chi connectivity index (χ4v) is 2.95. The summed E-state index contributed by atoms with van der Waals surface area (Å²) in [6, 6.07) is 9.23. The maximum atomic E-state index is 12.7. The van der Waals surface area contributed by atoms with Crippen molar-refractivity contribution >= 4 is 23.2 Å². The molecule has 1 fully saturated rings. The number of rotatable bonds is 3. The Morgan fingerprint density at radius 2 is 1.96 bits per heavy atom. The van der Waals surface area contributed by atoms with Crippen molar-refractivity contribution in [1.82, 2.24) is 9.78 Å². The summed E-state index contributed by atoms with van der Waals surface area (Å²) in [6.45, 7) is 6.87. The number of benzene rings is 1. The number of anilines is 2. The van der Waals surface area contributed by atoms with Gasteiger partial charge >= 0.3 is 0 Å². The first-order valence-corrected chi connectivity index (χ1v) is 8.52. The summed E-state index contributed by atoms with van der Waals surface area (Å²) in [7, 11) is 1.76. The largest absolute Gasteiger partial charge is 0.319 e. The lowest BCUT2D eigenvalue weighted by atomic mass is 9.92. The Morgan fingerprint density at radius 3 is 2.56 bits per heavy atom. The normalized spacial score (nSPS) is 14.9. The number of hydrogen-bond acceptors (Lipinski definition) is 3. The first-order valence-electron chi connectivity index (χ1n) is 8.52. The lowest BCUT2D eigenvalue weighted by Gasteiger charge is -2.19. The van der Waals surface area contributed by atoms with Crippen molar-refractivity contribution in [2.75, 3.05) is 16.8 Å². The van der Waals surface area contributed by atoms with Crippen LogP contribution < -0.4 is 10.2 Å². The van der Waals surface area contributed by atoms with Crippen LogP contribution in [0.2, 0.25) is 0 Å². The molecule has 0 atom stereocenters. The fourth-order valence-electron chi connectivity index (χ4n) is 2.95. The third-order valence-electron chi connectivity index (χ3n) is 4.40. The van der Waals surface area contributed by atoms with E-state index in [9.17, 15) is 9.59 Å². The predicted octanol–water partition coefficient (Wildman–Crippen LogP) is 3.10. The number of aromatic nitrogens is 2. The number of hydrogen-bond donors (Lipinski definition) is 1. The van der Waals surface area contributed by atoms with E-state index in [-0.39, 0.29) is 17.2 Å². The Bertz CT molecular complexity index is 817. The third-order valence-corrected chi connectivity index (χ3v) is 4.40. The highest BCUT2D eigenvalue weighted by atomic mass is 16.2. The second-order valence-corrected chi connectivity index (χ2v) is 7.41. The Hall–Kier alpha value is -2.63. The van der Waals surface area contributed by atoms with E-state index < -0.39 is 0 Å². The van der Waals surface area contributed by atoms with Crippen molar-refractivity contribution < 1.29 is 9.59 Å². The summed E-state index contributed by atoms with van der Waals surface area (Å²) in [5, 5.41) is 7.38. The summed E-state index contributed by atoms with van der Waals surface area (Å²) < 4.78 is 1.60. The van der Waals surface area contributed by atoms with Crippen molar-refractivity contribution in [3.05, 3.63) is 41.7 Å². The predicted molar refractivity (Wildman–Crippen MR) is 97.9 cm³/mol. The molecule has 0 spiro atoms. The number of carbonyl (C=O) groups excluding carboxylic acids is 2. The number of nitrogens with one attached hydrogen (secondary N) is 1. The molecule has 1 aromatic heterocycles. The van der Waals surface area contributed by atoms with Gasteiger partial charge in [0.05, 0.1) is 17.1 Å². The summed E-state index contributed by atoms with van der Waals surface area (Å²) >= 11 is 0. The maximum absolute atomic E-state index is 12.7. The van der Waals surface area contributed by atoms with Crippen LogP contribution in [0.4, 0.5) is 11.4 Å². The van der Waals surface area contributed by atoms with Gasteiger partial charge in [-0.05, 0) is 24.6 Å². The Labute approximate surface area is 147 Å². The molecule has 0 saturated carbocycles. The molecule has 25 heavy (non-hydrogen) atoms. The van der Waals surface area contributed by atoms with E-state index in [0.29, 0.717) is 24.3 Å². The molecule has 0 radical (unpaired) electrons. The van der Waals surface area contributed by atoms with Gasteiger partial charge in [-0.25, -0.2) is 0 Å². The number of nitrogens with zero attached hydrogens (tertiary/aromatic N) is 3. The van der Waals surface area contributed by atoms with Crippen molar-refractivity contribution in [1.29, 1.82) is 0 Å². The van der Waals surface area contributed by atoms with Crippen LogP contribution in [0.1, 0.15) is 49.8 Å². The number of aryl methyl sites for hydroxylation is 1. The van der Waals surface area contributed by atoms with Crippen molar-refractivity contribution in [2.24, 2.45) is 7.05 Å². The molecule has 0 unspecified atom stereocenters. The minimum absolute atomic E-state index is 0.0947. The van der Waals surface area contributed by atoms with E-state index in [1.54, 1.807) is 16.6 Å². The molecule has 132 valence electrons. The average Bonchev–Trinajstić information content (AvgIpc) is 3.13. The van der Waals surface area contributed by atoms with Gasteiger partial charge in [-0.15, -0.1) is 0 Å². The third kappa shape index (κ3) is 3.43. The number of para-hydroxylation sites is 2. The van der Waals surface area contributed by atoms with Crippen LogP contribution in [-0.2, 0) is 17.3 Å². The summed E-state index contributed by atoms with van der Waals surface area (Å²) in [5.74, 6) is -0.137. The van der Waals surface area contributed by atoms with Crippen molar-refractivity contribution in [3.8, 4) is 0 Å². The highest BCUT2D eigenvalue weighted by Gasteiger charge is 2.25. The molecule has 1 aliphatic rings. The van der Waals surface area contributed by atoms with Crippen LogP contribution in [0.3, 0.4) is 0 Å². The molecule has 1 saturated heterocycles. The van der Waals surface area contributed by atoms with E-state index in [4.69, 9.17) is 0 Å². The minimum Gasteiger partial charge on any atom is -0.319 e. The van der Waals surface area contributed by atoms with Crippen LogP contribution >= 0.6 is 0 Å². The Balaban J connectivity index is 1.87. The van der Waals surface area contributed by atoms with Crippen LogP contribution in [0.25, 0.3) is 0 Å². The van der Waals surface area contributed by atoms with Gasteiger partial charge in [0, 0.05) is 25.4 Å². The molecule has 0 aliphatic carbocycles. The van der Waals surface area contributed by atoms with Gasteiger partial charge in [-0.3, -0.25) is 14.3 Å². The van der Waals surface area contributed by atoms with E-state index in [0.717, 1.165) is 17.8 Å². The first kappa shape index (κ1) is 17.2. The Kier molecular flexibility index (Phi) is 4.37. The van der Waals surface area contributed by atoms with Gasteiger partial charge in [0.1, 0.15) is 5.69 Å². The molecular weight excluding hydrogens is 316 g/mol. The average molecular weight is 340 g/mol. The monoisotopic (exact) mass is 340 g/mol. The van der Waals surface area contributed by atoms with E-state index in [1.165, 1.54) is 0 Å². The number of amides is 2. The van der Waals surface area contributed by atoms with Gasteiger partial charge in [0.2, 0.25) is 5.91 Å². The molecule has 1 N–H and O–H groups in total. The minimum atomic E-state index is -0.232. The van der Waals surface area contributed by atoms with Gasteiger partial charge in [0.15, 0.2) is 0 Å². The summed E-state index contributed by atoms with van der Waals surface area (Å²) in [4.78, 5) is 26.5. The molecule has 3 rings (SSSR count). The Morgan fingerprint density at radius 1 is 1.24 bits per heavy atom. The first-order chi connectivity index (χ1) is 11.8. The van der Waals surface area contributed by atoms with Crippen LogP contribution in [0, 0.1) is 0 Å². The zero-order valence-electron chi connectivity index (χ0n) is 15.2. The van der Waals surface area contributed by atoms with E-state index in [1.807, 2.05) is 30.3 Å². The van der Waals surface area contributed by atoms with Crippen LogP contribution in [0.5, 0.6) is 0 Å². The molecule has 2 aromatic rings. The molecule has 1 aromatic carbocycles. The van der Waals surface area contributed by atoms with Gasteiger partial charge in [-0.1, -0.05) is 32.9 Å². The van der Waals surface area contributed by atoms with Crippen molar-refractivity contribution in [2.45, 2.75) is 39.0 Å². The summed E-state index contributed by atoms with van der Waals surface area (Å²) in [6.07, 6.45) is 1.40. The zero-order valence-corrected chi connectivity index (χ0v) is 15.2. The molecule has 2 heterocycles. The molecule has 6 heteroatoms. The van der Waals surface area contributed by atoms with Gasteiger partial charge in [0.25, 0.3) is 5.91 Å². The van der Waals surface area contributed by atoms with Gasteiger partial charge in [-0.2, -0.15) is 5.10 Å². The molecule has 6 nitrogen and oxygen atoms in total. The topological polar surface area (TPSA) is 67.2 Å². The number of carbonyl (C=O) groups is 2. The fraction of sp³-hybridized carbons (Fsp3) is 0.421. The smallest absolute Gasteiger partial charge is 0.273 e. The lowest BCUT2D eigenvalue weighted by molar-refractivity contribution is -0.117. The quantitative estimate of drug-likeness (QED) is 0.933. The second-order valence-electron chi connectivity index (χ2n) is 7.41. The van der Waals surface area contributed by atoms with Crippen LogP contribution in [0.15, 0.2) is 30.3 Å². The lowest BCUT2D eigenvalue weighted by Crippen LogP contribution is -2.26. The standard InChI is InChI=1S/C19H24N4O2/c1-19(2,3)16-12-15(22(4)21-16)18(25)20-13-8-5-6-9-14(13)23-11-7-10-17(23)24/h5-6,8-9,12H,7,10-11H2,1-4H3,(H,20,25). The highest BCUT2D eigenvalue weighted by molar-refractivity contribution is 6.07. The van der Waals surface area contributed by atoms with Crippen molar-refractivity contribution in [3.63, 3.8) is 0 Å². The summed E-state index contributed by atoms with van der Waals surface area (Å²) in [5.41, 5.74) is 2.62. The SMILES string of the molecule is Cn1nc(C(C)(C)C)cc1C(=O)Nc1ccccc1N1CCCC1=O. The van der Waals surface area contributed by atoms with Gasteiger partial charge < -0.3 is 10.2 Å². The van der Waals surface area contributed by atoms with Crippen LogP contribution in [-0.4, -0.2) is 28.1 Å². The zero-order chi connectivity index (χ0) is 18.2. The maximum Gasteiger partial charge on any atom is 0.273 e. The molecule has 0 bridgehead atoms. The van der Waals surface area contributed by atoms with E-state index >= 15 is 0 Å². The molecular formula is C19H24N4O2. The second kappa shape index (κ2) is 6.35. The molecule has 1 aliphatic heterocycles.